The lowest BCUT2D eigenvalue weighted by molar-refractivity contribution is -0.117. The van der Waals surface area contributed by atoms with Gasteiger partial charge in [-0.05, 0) is 48.6 Å². The molecule has 0 bridgehead atoms. The van der Waals surface area contributed by atoms with Gasteiger partial charge in [0.05, 0.1) is 0 Å². The Bertz CT molecular complexity index is 741. The maximum atomic E-state index is 12.2. The molecule has 0 radical (unpaired) electrons. The number of anilines is 2. The summed E-state index contributed by atoms with van der Waals surface area (Å²) in [4.78, 5) is 25.7. The predicted molar refractivity (Wildman–Crippen MR) is 96.2 cm³/mol. The average molecular weight is 322 g/mol. The van der Waals surface area contributed by atoms with Crippen molar-refractivity contribution in [2.24, 2.45) is 0 Å². The maximum absolute atomic E-state index is 12.2. The summed E-state index contributed by atoms with van der Waals surface area (Å²) in [7, 11) is 0. The van der Waals surface area contributed by atoms with Crippen molar-refractivity contribution in [3.8, 4) is 0 Å². The van der Waals surface area contributed by atoms with Gasteiger partial charge in [-0.1, -0.05) is 30.3 Å². The third-order valence-electron chi connectivity index (χ3n) is 4.35. The van der Waals surface area contributed by atoms with Crippen LogP contribution in [0.4, 0.5) is 11.4 Å². The Kier molecular flexibility index (Phi) is 4.94. The molecular weight excluding hydrogens is 300 g/mol. The highest BCUT2D eigenvalue weighted by Gasteiger charge is 2.20. The Balaban J connectivity index is 1.63. The van der Waals surface area contributed by atoms with Crippen LogP contribution in [-0.4, -0.2) is 18.4 Å². The molecule has 124 valence electrons. The minimum absolute atomic E-state index is 0.0121. The largest absolute Gasteiger partial charge is 0.326 e. The van der Waals surface area contributed by atoms with Gasteiger partial charge in [-0.25, -0.2) is 0 Å². The normalized spacial score (nSPS) is 13.3. The minimum atomic E-state index is 0.0121. The molecule has 0 saturated heterocycles. The van der Waals surface area contributed by atoms with Gasteiger partial charge in [0.15, 0.2) is 0 Å². The highest BCUT2D eigenvalue weighted by atomic mass is 16.2. The molecule has 0 aromatic heterocycles. The van der Waals surface area contributed by atoms with E-state index in [1.54, 1.807) is 11.8 Å². The van der Waals surface area contributed by atoms with Crippen molar-refractivity contribution in [1.29, 1.82) is 0 Å². The monoisotopic (exact) mass is 322 g/mol. The molecule has 0 unspecified atom stereocenters. The second-order valence-electron chi connectivity index (χ2n) is 6.15. The Labute approximate surface area is 142 Å². The van der Waals surface area contributed by atoms with Crippen LogP contribution in [0, 0.1) is 0 Å². The first-order valence-electron chi connectivity index (χ1n) is 8.38. The third kappa shape index (κ3) is 3.82. The second-order valence-corrected chi connectivity index (χ2v) is 6.15. The van der Waals surface area contributed by atoms with E-state index in [4.69, 9.17) is 0 Å². The first-order chi connectivity index (χ1) is 11.6. The minimum Gasteiger partial charge on any atom is -0.326 e. The molecule has 4 heteroatoms. The average Bonchev–Trinajstić information content (AvgIpc) is 2.60. The summed E-state index contributed by atoms with van der Waals surface area (Å²) in [5.74, 6) is 0.0774. The summed E-state index contributed by atoms with van der Waals surface area (Å²) in [6, 6.07) is 15.8. The van der Waals surface area contributed by atoms with Crippen LogP contribution in [-0.2, 0) is 22.4 Å². The van der Waals surface area contributed by atoms with Gasteiger partial charge in [0.1, 0.15) is 0 Å². The van der Waals surface area contributed by atoms with E-state index in [2.05, 4.69) is 5.32 Å². The molecule has 0 aliphatic carbocycles. The Morgan fingerprint density at radius 3 is 2.67 bits per heavy atom. The van der Waals surface area contributed by atoms with Crippen molar-refractivity contribution in [3.63, 3.8) is 0 Å². The lowest BCUT2D eigenvalue weighted by Crippen LogP contribution is -2.33. The molecule has 0 spiro atoms. The van der Waals surface area contributed by atoms with E-state index in [1.807, 2.05) is 48.5 Å². The van der Waals surface area contributed by atoms with Gasteiger partial charge in [0.2, 0.25) is 11.8 Å². The molecule has 0 fully saturated rings. The molecule has 0 saturated carbocycles. The SMILES string of the molecule is CC(=O)N1CCCc2cc(NC(=O)CCc3ccccc3)ccc21. The molecule has 1 N–H and O–H groups in total. The number of benzene rings is 2. The zero-order chi connectivity index (χ0) is 16.9. The molecule has 4 nitrogen and oxygen atoms in total. The first-order valence-corrected chi connectivity index (χ1v) is 8.38. The molecule has 2 amide bonds. The van der Waals surface area contributed by atoms with E-state index in [0.717, 1.165) is 48.3 Å². The highest BCUT2D eigenvalue weighted by Crippen LogP contribution is 2.29. The van der Waals surface area contributed by atoms with Crippen LogP contribution in [0.5, 0.6) is 0 Å². The first kappa shape index (κ1) is 16.2. The number of aryl methyl sites for hydroxylation is 2. The smallest absolute Gasteiger partial charge is 0.224 e. The predicted octanol–water partition coefficient (Wildman–Crippen LogP) is 3.56. The van der Waals surface area contributed by atoms with Crippen molar-refractivity contribution in [3.05, 3.63) is 59.7 Å². The van der Waals surface area contributed by atoms with Gasteiger partial charge in [-0.3, -0.25) is 9.59 Å². The van der Waals surface area contributed by atoms with Crippen LogP contribution in [0.25, 0.3) is 0 Å². The summed E-state index contributed by atoms with van der Waals surface area (Å²) >= 11 is 0. The lowest BCUT2D eigenvalue weighted by Gasteiger charge is -2.29. The van der Waals surface area contributed by atoms with Crippen molar-refractivity contribution in [2.45, 2.75) is 32.6 Å². The van der Waals surface area contributed by atoms with Gasteiger partial charge >= 0.3 is 0 Å². The summed E-state index contributed by atoms with van der Waals surface area (Å²) in [5.41, 5.74) is 4.06. The molecule has 2 aromatic rings. The van der Waals surface area contributed by atoms with Gasteiger partial charge < -0.3 is 10.2 Å². The van der Waals surface area contributed by atoms with Crippen molar-refractivity contribution < 1.29 is 9.59 Å². The van der Waals surface area contributed by atoms with E-state index in [0.29, 0.717) is 6.42 Å². The Morgan fingerprint density at radius 2 is 1.92 bits per heavy atom. The lowest BCUT2D eigenvalue weighted by atomic mass is 10.0. The number of nitrogens with zero attached hydrogens (tertiary/aromatic N) is 1. The zero-order valence-corrected chi connectivity index (χ0v) is 13.9. The van der Waals surface area contributed by atoms with E-state index in [-0.39, 0.29) is 11.8 Å². The molecule has 1 heterocycles. The summed E-state index contributed by atoms with van der Waals surface area (Å²) in [6.07, 6.45) is 3.08. The Morgan fingerprint density at radius 1 is 1.12 bits per heavy atom. The van der Waals surface area contributed by atoms with E-state index < -0.39 is 0 Å². The van der Waals surface area contributed by atoms with Gasteiger partial charge in [-0.15, -0.1) is 0 Å². The molecule has 0 atom stereocenters. The Hall–Kier alpha value is -2.62. The fourth-order valence-electron chi connectivity index (χ4n) is 3.13. The number of fused-ring (bicyclic) bond motifs is 1. The highest BCUT2D eigenvalue weighted by molar-refractivity contribution is 5.94. The second kappa shape index (κ2) is 7.30. The standard InChI is InChI=1S/C20H22N2O2/c1-15(23)22-13-5-8-17-14-18(10-11-19(17)22)21-20(24)12-9-16-6-3-2-4-7-16/h2-4,6-7,10-11,14H,5,8-9,12-13H2,1H3,(H,21,24). The van der Waals surface area contributed by atoms with Crippen LogP contribution in [0.1, 0.15) is 30.9 Å². The quantitative estimate of drug-likeness (QED) is 0.936. The number of nitrogens with one attached hydrogen (secondary N) is 1. The number of carbonyl (C=O) groups is 2. The molecule has 3 rings (SSSR count). The van der Waals surface area contributed by atoms with Crippen LogP contribution in [0.2, 0.25) is 0 Å². The zero-order valence-electron chi connectivity index (χ0n) is 13.9. The van der Waals surface area contributed by atoms with Crippen molar-refractivity contribution in [1.82, 2.24) is 0 Å². The fraction of sp³-hybridized carbons (Fsp3) is 0.300. The van der Waals surface area contributed by atoms with E-state index >= 15 is 0 Å². The van der Waals surface area contributed by atoms with E-state index in [1.165, 1.54) is 0 Å². The van der Waals surface area contributed by atoms with Gasteiger partial charge in [-0.2, -0.15) is 0 Å². The van der Waals surface area contributed by atoms with Crippen LogP contribution in [0.3, 0.4) is 0 Å². The van der Waals surface area contributed by atoms with Gasteiger partial charge in [0.25, 0.3) is 0 Å². The fourth-order valence-corrected chi connectivity index (χ4v) is 3.13. The van der Waals surface area contributed by atoms with Gasteiger partial charge in [0, 0.05) is 31.3 Å². The molecular formula is C20H22N2O2. The summed E-state index contributed by atoms with van der Waals surface area (Å²) in [5, 5.41) is 2.96. The molecule has 24 heavy (non-hydrogen) atoms. The van der Waals surface area contributed by atoms with Crippen molar-refractivity contribution >= 4 is 23.2 Å². The summed E-state index contributed by atoms with van der Waals surface area (Å²) < 4.78 is 0. The van der Waals surface area contributed by atoms with Crippen LogP contribution in [0.15, 0.2) is 48.5 Å². The van der Waals surface area contributed by atoms with Crippen molar-refractivity contribution in [2.75, 3.05) is 16.8 Å². The molecule has 1 aliphatic rings. The maximum Gasteiger partial charge on any atom is 0.224 e. The number of hydrogen-bond donors (Lipinski definition) is 1. The number of carbonyl (C=O) groups excluding carboxylic acids is 2. The van der Waals surface area contributed by atoms with E-state index in [9.17, 15) is 9.59 Å². The third-order valence-corrected chi connectivity index (χ3v) is 4.35. The molecule has 1 aliphatic heterocycles. The number of rotatable bonds is 4. The number of hydrogen-bond acceptors (Lipinski definition) is 2. The number of amides is 2. The van der Waals surface area contributed by atoms with Crippen LogP contribution < -0.4 is 10.2 Å². The topological polar surface area (TPSA) is 49.4 Å². The molecule has 2 aromatic carbocycles. The summed E-state index contributed by atoms with van der Waals surface area (Å²) in [6.45, 7) is 2.36. The van der Waals surface area contributed by atoms with Crippen LogP contribution >= 0.6 is 0 Å².